The first-order chi connectivity index (χ1) is 25.7. The molecule has 0 spiro atoms. The van der Waals surface area contributed by atoms with E-state index < -0.39 is 5.97 Å². The Hall–Kier alpha value is -4.06. The lowest BCUT2D eigenvalue weighted by Gasteiger charge is -2.27. The summed E-state index contributed by atoms with van der Waals surface area (Å²) in [6, 6.07) is 12.5. The Morgan fingerprint density at radius 3 is 1.57 bits per heavy atom. The highest BCUT2D eigenvalue weighted by Gasteiger charge is 2.24. The fourth-order valence-corrected chi connectivity index (χ4v) is 5.47. The van der Waals surface area contributed by atoms with Crippen molar-refractivity contribution in [3.05, 3.63) is 104 Å². The summed E-state index contributed by atoms with van der Waals surface area (Å²) < 4.78 is 56.2. The molecule has 19 heteroatoms. The van der Waals surface area contributed by atoms with Gasteiger partial charge in [-0.15, -0.1) is 10.2 Å². The first kappa shape index (κ1) is 42.7. The Morgan fingerprint density at radius 2 is 1.06 bits per heavy atom. The summed E-state index contributed by atoms with van der Waals surface area (Å²) in [5, 5.41) is 8.54. The van der Waals surface area contributed by atoms with Crippen LogP contribution >= 0.6 is 46.4 Å². The zero-order valence-electron chi connectivity index (χ0n) is 29.6. The van der Waals surface area contributed by atoms with Gasteiger partial charge in [-0.3, -0.25) is 4.40 Å². The molecule has 0 fully saturated rings. The lowest BCUT2D eigenvalue weighted by atomic mass is 10.3. The molecule has 286 valence electrons. The third-order valence-corrected chi connectivity index (χ3v) is 8.19. The smallest absolute Gasteiger partial charge is 0.279 e. The van der Waals surface area contributed by atoms with Crippen molar-refractivity contribution in [3.8, 4) is 0 Å². The molecule has 0 bridgehead atoms. The van der Waals surface area contributed by atoms with Crippen molar-refractivity contribution in [1.82, 2.24) is 39.5 Å². The van der Waals surface area contributed by atoms with Crippen molar-refractivity contribution in [1.29, 1.82) is 0 Å². The molecule has 54 heavy (non-hydrogen) atoms. The quantitative estimate of drug-likeness (QED) is 0.153. The number of nitrogens with two attached hydrogens (primary N) is 1. The minimum Gasteiger partial charge on any atom is -0.328 e. The van der Waals surface area contributed by atoms with E-state index in [1.807, 2.05) is 20.8 Å². The fraction of sp³-hybridized carbons (Fsp3) is 0.286. The summed E-state index contributed by atoms with van der Waals surface area (Å²) in [5.41, 5.74) is 9.50. The van der Waals surface area contributed by atoms with Gasteiger partial charge >= 0.3 is 0 Å². The van der Waals surface area contributed by atoms with E-state index in [4.69, 9.17) is 66.3 Å². The van der Waals surface area contributed by atoms with Crippen molar-refractivity contribution in [2.45, 2.75) is 47.1 Å². The molecule has 0 amide bonds. The van der Waals surface area contributed by atoms with Gasteiger partial charge in [-0.2, -0.15) is 0 Å². The van der Waals surface area contributed by atoms with Gasteiger partial charge in [-0.1, -0.05) is 46.4 Å². The Morgan fingerprint density at radius 1 is 0.611 bits per heavy atom. The van der Waals surface area contributed by atoms with Crippen LogP contribution in [0.15, 0.2) is 54.6 Å². The zero-order valence-corrected chi connectivity index (χ0v) is 32.6. The number of aromatic nitrogens is 8. The molecule has 7 aromatic rings. The summed E-state index contributed by atoms with van der Waals surface area (Å²) in [4.78, 5) is 20.1. The molecule has 7 rings (SSSR count). The average molecular weight is 828 g/mol. The summed E-state index contributed by atoms with van der Waals surface area (Å²) in [6.07, 6.45) is 0. The predicted octanol–water partition coefficient (Wildman–Crippen LogP) is 9.10. The molecule has 4 aromatic heterocycles. The number of aryl methyl sites for hydroxylation is 1. The van der Waals surface area contributed by atoms with E-state index in [0.717, 1.165) is 0 Å². The Balaban J connectivity index is 0.000000162. The van der Waals surface area contributed by atoms with Gasteiger partial charge < -0.3 is 19.9 Å². The molecule has 0 aliphatic heterocycles. The lowest BCUT2D eigenvalue weighted by molar-refractivity contribution is -0.365. The number of hydrogen-bond acceptors (Lipinski definition) is 11. The molecule has 0 saturated heterocycles. The van der Waals surface area contributed by atoms with E-state index in [-0.39, 0.29) is 44.6 Å². The molecule has 12 nitrogen and oxygen atoms in total. The van der Waals surface area contributed by atoms with Crippen LogP contribution in [-0.2, 0) is 20.8 Å². The minimum absolute atomic E-state index is 0.0831. The van der Waals surface area contributed by atoms with Crippen molar-refractivity contribution in [2.75, 3.05) is 19.8 Å². The number of nitrogens with zero attached hydrogens (tertiary/aromatic N) is 8. The Bertz CT molecular complexity index is 2360. The maximum atomic E-state index is 13.2. The number of halogens is 7. The highest BCUT2D eigenvalue weighted by atomic mass is 35.5. The van der Waals surface area contributed by atoms with Crippen molar-refractivity contribution in [3.63, 3.8) is 0 Å². The van der Waals surface area contributed by atoms with Gasteiger partial charge in [0.15, 0.2) is 26.3 Å². The normalized spacial score (nSPS) is 11.2. The predicted molar refractivity (Wildman–Crippen MR) is 203 cm³/mol. The SMILES string of the molecule is CCOC(C)(OCC)OCC.Cc1nnc2c(Cl)nc3ccc(F)cc3n12.Fc1ccc2nc(Cl)c(Cl)nc2c1.NCc1nc2cc(F)ccc2nc1Cl. The van der Waals surface area contributed by atoms with E-state index in [1.54, 1.807) is 24.3 Å². The number of fused-ring (bicyclic) bond motifs is 5. The van der Waals surface area contributed by atoms with E-state index in [9.17, 15) is 13.2 Å². The summed E-state index contributed by atoms with van der Waals surface area (Å²) >= 11 is 23.0. The van der Waals surface area contributed by atoms with Crippen LogP contribution in [0.25, 0.3) is 38.7 Å². The van der Waals surface area contributed by atoms with Crippen LogP contribution in [0.2, 0.25) is 20.6 Å². The number of rotatable bonds is 7. The number of ether oxygens (including phenoxy) is 3. The molecule has 0 saturated carbocycles. The van der Waals surface area contributed by atoms with Crippen LogP contribution in [0.1, 0.15) is 39.2 Å². The molecular weight excluding hydrogens is 793 g/mol. The van der Waals surface area contributed by atoms with Gasteiger partial charge in [-0.05, 0) is 64.1 Å². The van der Waals surface area contributed by atoms with Crippen LogP contribution in [0.4, 0.5) is 13.2 Å². The van der Waals surface area contributed by atoms with E-state index in [2.05, 4.69) is 35.1 Å². The van der Waals surface area contributed by atoms with Crippen LogP contribution in [-0.4, -0.2) is 65.3 Å². The van der Waals surface area contributed by atoms with Gasteiger partial charge in [0, 0.05) is 51.5 Å². The van der Waals surface area contributed by atoms with Crippen molar-refractivity contribution >= 4 is 85.2 Å². The molecule has 4 heterocycles. The average Bonchev–Trinajstić information content (AvgIpc) is 3.52. The first-order valence-electron chi connectivity index (χ1n) is 16.2. The van der Waals surface area contributed by atoms with Crippen molar-refractivity contribution < 1.29 is 27.4 Å². The van der Waals surface area contributed by atoms with Gasteiger partial charge in [-0.25, -0.2) is 38.1 Å². The summed E-state index contributed by atoms with van der Waals surface area (Å²) in [6.45, 7) is 11.3. The molecular formula is C35H34Cl4F3N9O3. The topological polar surface area (TPSA) is 148 Å². The number of benzene rings is 3. The maximum absolute atomic E-state index is 13.2. The zero-order chi connectivity index (χ0) is 39.6. The largest absolute Gasteiger partial charge is 0.328 e. The second-order valence-electron chi connectivity index (χ2n) is 10.8. The Kier molecular flexibility index (Phi) is 15.4. The third kappa shape index (κ3) is 11.0. The molecule has 0 unspecified atom stereocenters. The van der Waals surface area contributed by atoms with Crippen molar-refractivity contribution in [2.24, 2.45) is 5.73 Å². The first-order valence-corrected chi connectivity index (χ1v) is 17.7. The fourth-order valence-electron chi connectivity index (χ4n) is 4.78. The summed E-state index contributed by atoms with van der Waals surface area (Å²) in [5.74, 6) is -1.25. The minimum atomic E-state index is -0.849. The molecule has 0 aliphatic rings. The second-order valence-corrected chi connectivity index (χ2v) is 12.3. The monoisotopic (exact) mass is 825 g/mol. The van der Waals surface area contributed by atoms with Crippen LogP contribution in [0, 0.1) is 24.4 Å². The van der Waals surface area contributed by atoms with Gasteiger partial charge in [0.05, 0.1) is 38.8 Å². The number of hydrogen-bond donors (Lipinski definition) is 1. The maximum Gasteiger partial charge on any atom is 0.279 e. The molecule has 3 aromatic carbocycles. The van der Waals surface area contributed by atoms with E-state index in [1.165, 1.54) is 48.5 Å². The molecule has 0 atom stereocenters. The van der Waals surface area contributed by atoms with E-state index >= 15 is 0 Å². The van der Waals surface area contributed by atoms with Crippen LogP contribution in [0.5, 0.6) is 0 Å². The van der Waals surface area contributed by atoms with Gasteiger partial charge in [0.2, 0.25) is 0 Å². The van der Waals surface area contributed by atoms with Crippen LogP contribution < -0.4 is 5.73 Å². The molecule has 2 N–H and O–H groups in total. The lowest BCUT2D eigenvalue weighted by Crippen LogP contribution is -2.35. The second kappa shape index (κ2) is 19.5. The molecule has 0 aliphatic carbocycles. The highest BCUT2D eigenvalue weighted by Crippen LogP contribution is 2.23. The van der Waals surface area contributed by atoms with Gasteiger partial charge in [0.1, 0.15) is 23.3 Å². The van der Waals surface area contributed by atoms with Gasteiger partial charge in [0.25, 0.3) is 5.97 Å². The van der Waals surface area contributed by atoms with E-state index in [0.29, 0.717) is 70.1 Å². The Labute approximate surface area is 327 Å². The third-order valence-electron chi connectivity index (χ3n) is 7.01. The highest BCUT2D eigenvalue weighted by molar-refractivity contribution is 6.40. The van der Waals surface area contributed by atoms with Crippen LogP contribution in [0.3, 0.4) is 0 Å². The summed E-state index contributed by atoms with van der Waals surface area (Å²) in [7, 11) is 0. The standard InChI is InChI=1S/C10H6ClFN4.C9H7ClFN3.C8H3Cl2FN2.C8H18O3/c1-5-14-15-10-9(11)13-7-3-2-6(12)4-8(7)16(5)10;10-9-8(4-12)13-7-3-5(11)1-2-6(7)14-9;9-7-8(10)13-6-3-4(11)1-2-5(6)12-7;1-5-9-8(4,10-6-2)11-7-3/h2-4H,1H3;1-3H,4,12H2;1-3H;5-7H2,1-4H3. The molecule has 0 radical (unpaired) electrons.